The van der Waals surface area contributed by atoms with E-state index in [4.69, 9.17) is 9.15 Å². The zero-order valence-corrected chi connectivity index (χ0v) is 16.7. The molecule has 1 atom stereocenters. The van der Waals surface area contributed by atoms with Gasteiger partial charge in [-0.25, -0.2) is 0 Å². The minimum atomic E-state index is -0.0463. The second-order valence-electron chi connectivity index (χ2n) is 8.24. The number of methoxy groups -OCH3 is 1. The second-order valence-corrected chi connectivity index (χ2v) is 8.24. The van der Waals surface area contributed by atoms with Gasteiger partial charge >= 0.3 is 0 Å². The summed E-state index contributed by atoms with van der Waals surface area (Å²) >= 11 is 0. The molecule has 2 aliphatic rings. The summed E-state index contributed by atoms with van der Waals surface area (Å²) in [6.07, 6.45) is 3.40. The molecule has 1 aromatic carbocycles. The fourth-order valence-electron chi connectivity index (χ4n) is 4.69. The Balaban J connectivity index is 1.51. The minimum absolute atomic E-state index is 0.0164. The Kier molecular flexibility index (Phi) is 5.15. The van der Waals surface area contributed by atoms with Crippen LogP contribution in [0.5, 0.6) is 0 Å². The molecular formula is C22H28N2O4. The van der Waals surface area contributed by atoms with Crippen LogP contribution < -0.4 is 0 Å². The fourth-order valence-corrected chi connectivity index (χ4v) is 4.69. The molecule has 0 N–H and O–H groups in total. The van der Waals surface area contributed by atoms with Crippen molar-refractivity contribution in [2.75, 3.05) is 39.9 Å². The van der Waals surface area contributed by atoms with Gasteiger partial charge in [-0.3, -0.25) is 9.59 Å². The number of para-hydroxylation sites is 1. The second kappa shape index (κ2) is 7.59. The zero-order chi connectivity index (χ0) is 19.7. The largest absolute Gasteiger partial charge is 0.451 e. The number of nitrogens with zero attached hydrogens (tertiary/aromatic N) is 2. The van der Waals surface area contributed by atoms with Crippen LogP contribution in [-0.4, -0.2) is 61.5 Å². The molecule has 2 aromatic rings. The maximum Gasteiger partial charge on any atom is 0.289 e. The lowest BCUT2D eigenvalue weighted by Crippen LogP contribution is -2.55. The molecule has 0 bridgehead atoms. The van der Waals surface area contributed by atoms with E-state index >= 15 is 0 Å². The SMILES string of the molecule is COCCN1CC2(CCCN(C(=O)c3cc4cccc(C)c4o3)C2)CCC1=O. The third-order valence-electron chi connectivity index (χ3n) is 6.21. The van der Waals surface area contributed by atoms with Gasteiger partial charge in [-0.15, -0.1) is 0 Å². The number of furan rings is 1. The van der Waals surface area contributed by atoms with Crippen molar-refractivity contribution in [2.45, 2.75) is 32.6 Å². The van der Waals surface area contributed by atoms with Gasteiger partial charge in [0.25, 0.3) is 5.91 Å². The van der Waals surface area contributed by atoms with Crippen molar-refractivity contribution in [3.8, 4) is 0 Å². The highest BCUT2D eigenvalue weighted by atomic mass is 16.5. The van der Waals surface area contributed by atoms with Crippen molar-refractivity contribution in [2.24, 2.45) is 5.41 Å². The van der Waals surface area contributed by atoms with Crippen molar-refractivity contribution in [1.29, 1.82) is 0 Å². The number of likely N-dealkylation sites (tertiary alicyclic amines) is 2. The van der Waals surface area contributed by atoms with Crippen LogP contribution in [0.1, 0.15) is 41.8 Å². The first-order valence-electron chi connectivity index (χ1n) is 10.1. The number of benzene rings is 1. The highest BCUT2D eigenvalue weighted by Crippen LogP contribution is 2.39. The van der Waals surface area contributed by atoms with E-state index in [1.165, 1.54) is 0 Å². The molecule has 3 heterocycles. The van der Waals surface area contributed by atoms with Crippen molar-refractivity contribution < 1.29 is 18.7 Å². The molecule has 6 heteroatoms. The summed E-state index contributed by atoms with van der Waals surface area (Å²) in [5.41, 5.74) is 1.80. The van der Waals surface area contributed by atoms with Gasteiger partial charge in [0, 0.05) is 50.5 Å². The summed E-state index contributed by atoms with van der Waals surface area (Å²) < 4.78 is 11.1. The lowest BCUT2D eigenvalue weighted by atomic mass is 9.73. The van der Waals surface area contributed by atoms with E-state index in [0.29, 0.717) is 38.4 Å². The molecule has 2 amide bonds. The van der Waals surface area contributed by atoms with E-state index < -0.39 is 0 Å². The number of ether oxygens (including phenoxy) is 1. The first-order chi connectivity index (χ1) is 13.5. The highest BCUT2D eigenvalue weighted by molar-refractivity contribution is 5.96. The molecule has 1 spiro atoms. The molecule has 6 nitrogen and oxygen atoms in total. The number of carbonyl (C=O) groups excluding carboxylic acids is 2. The summed E-state index contributed by atoms with van der Waals surface area (Å²) in [5, 5.41) is 0.962. The van der Waals surface area contributed by atoms with Crippen LogP contribution in [0, 0.1) is 12.3 Å². The lowest BCUT2D eigenvalue weighted by Gasteiger charge is -2.48. The third kappa shape index (κ3) is 3.53. The van der Waals surface area contributed by atoms with Gasteiger partial charge in [-0.2, -0.15) is 0 Å². The predicted octanol–water partition coefficient (Wildman–Crippen LogP) is 3.23. The molecule has 1 unspecified atom stereocenters. The molecule has 1 aromatic heterocycles. The van der Waals surface area contributed by atoms with Crippen LogP contribution in [0.4, 0.5) is 0 Å². The first-order valence-corrected chi connectivity index (χ1v) is 10.1. The molecule has 0 radical (unpaired) electrons. The van der Waals surface area contributed by atoms with E-state index in [1.807, 2.05) is 41.0 Å². The molecular weight excluding hydrogens is 356 g/mol. The molecule has 2 saturated heterocycles. The Morgan fingerprint density at radius 1 is 1.29 bits per heavy atom. The molecule has 0 aliphatic carbocycles. The summed E-state index contributed by atoms with van der Waals surface area (Å²) in [7, 11) is 1.65. The molecule has 28 heavy (non-hydrogen) atoms. The molecule has 4 rings (SSSR count). The number of hydrogen-bond donors (Lipinski definition) is 0. The molecule has 0 saturated carbocycles. The van der Waals surface area contributed by atoms with Crippen LogP contribution in [0.3, 0.4) is 0 Å². The van der Waals surface area contributed by atoms with Gasteiger partial charge in [-0.1, -0.05) is 18.2 Å². The van der Waals surface area contributed by atoms with Gasteiger partial charge < -0.3 is 19.0 Å². The zero-order valence-electron chi connectivity index (χ0n) is 16.7. The van der Waals surface area contributed by atoms with E-state index in [0.717, 1.165) is 42.3 Å². The minimum Gasteiger partial charge on any atom is -0.451 e. The Labute approximate surface area is 165 Å². The topological polar surface area (TPSA) is 63.0 Å². The van der Waals surface area contributed by atoms with Crippen molar-refractivity contribution in [3.05, 3.63) is 35.6 Å². The third-order valence-corrected chi connectivity index (χ3v) is 6.21. The van der Waals surface area contributed by atoms with Crippen LogP contribution in [-0.2, 0) is 9.53 Å². The smallest absolute Gasteiger partial charge is 0.289 e. The molecule has 2 aliphatic heterocycles. The quantitative estimate of drug-likeness (QED) is 0.812. The Morgan fingerprint density at radius 3 is 2.93 bits per heavy atom. The van der Waals surface area contributed by atoms with Gasteiger partial charge in [0.05, 0.1) is 6.61 Å². The van der Waals surface area contributed by atoms with Gasteiger partial charge in [-0.05, 0) is 37.8 Å². The summed E-state index contributed by atoms with van der Waals surface area (Å²) in [5.74, 6) is 0.554. The number of piperidine rings is 2. The fraction of sp³-hybridized carbons (Fsp3) is 0.545. The average Bonchev–Trinajstić information content (AvgIpc) is 3.14. The van der Waals surface area contributed by atoms with Gasteiger partial charge in [0.2, 0.25) is 5.91 Å². The summed E-state index contributed by atoms with van der Waals surface area (Å²) in [6, 6.07) is 7.79. The molecule has 150 valence electrons. The van der Waals surface area contributed by atoms with E-state index in [9.17, 15) is 9.59 Å². The van der Waals surface area contributed by atoms with Crippen molar-refractivity contribution >= 4 is 22.8 Å². The Hall–Kier alpha value is -2.34. The summed E-state index contributed by atoms with van der Waals surface area (Å²) in [6.45, 7) is 5.28. The number of amides is 2. The maximum atomic E-state index is 13.2. The maximum absolute atomic E-state index is 13.2. The normalized spacial score (nSPS) is 23.0. The monoisotopic (exact) mass is 384 g/mol. The number of fused-ring (bicyclic) bond motifs is 1. The van der Waals surface area contributed by atoms with E-state index in [-0.39, 0.29) is 17.2 Å². The van der Waals surface area contributed by atoms with Gasteiger partial charge in [0.1, 0.15) is 5.58 Å². The highest BCUT2D eigenvalue weighted by Gasteiger charge is 2.43. The Bertz CT molecular complexity index is 890. The van der Waals surface area contributed by atoms with Crippen molar-refractivity contribution in [3.63, 3.8) is 0 Å². The molecule has 2 fully saturated rings. The van der Waals surface area contributed by atoms with Crippen LogP contribution in [0.2, 0.25) is 0 Å². The van der Waals surface area contributed by atoms with Crippen LogP contribution in [0.15, 0.2) is 28.7 Å². The first kappa shape index (κ1) is 19.0. The van der Waals surface area contributed by atoms with E-state index in [1.54, 1.807) is 7.11 Å². The standard InChI is InChI=1S/C22H28N2O4/c1-16-5-3-6-17-13-18(28-20(16)17)21(26)24-10-4-8-22(15-24)9-7-19(25)23(14-22)11-12-27-2/h3,5-6,13H,4,7-12,14-15H2,1-2H3. The number of aryl methyl sites for hydroxylation is 1. The lowest BCUT2D eigenvalue weighted by molar-refractivity contribution is -0.139. The van der Waals surface area contributed by atoms with Gasteiger partial charge in [0.15, 0.2) is 5.76 Å². The summed E-state index contributed by atoms with van der Waals surface area (Å²) in [4.78, 5) is 29.3. The average molecular weight is 384 g/mol. The Morgan fingerprint density at radius 2 is 2.14 bits per heavy atom. The number of rotatable bonds is 4. The van der Waals surface area contributed by atoms with E-state index in [2.05, 4.69) is 0 Å². The number of hydrogen-bond acceptors (Lipinski definition) is 4. The van der Waals surface area contributed by atoms with Crippen molar-refractivity contribution in [1.82, 2.24) is 9.80 Å². The van der Waals surface area contributed by atoms with Crippen LogP contribution in [0.25, 0.3) is 11.0 Å². The van der Waals surface area contributed by atoms with Crippen LogP contribution >= 0.6 is 0 Å². The predicted molar refractivity (Wildman–Crippen MR) is 106 cm³/mol. The number of carbonyl (C=O) groups is 2.